The number of aliphatic hydroxyl groups is 1. The minimum atomic E-state index is -5.02. The van der Waals surface area contributed by atoms with Crippen LogP contribution in [0.2, 0.25) is 0 Å². The fourth-order valence-electron chi connectivity index (χ4n) is 1.77. The second kappa shape index (κ2) is 6.51. The van der Waals surface area contributed by atoms with Crippen LogP contribution in [0.1, 0.15) is 32.3 Å². The van der Waals surface area contributed by atoms with Crippen molar-refractivity contribution in [1.29, 1.82) is 0 Å². The van der Waals surface area contributed by atoms with Crippen LogP contribution in [-0.2, 0) is 16.2 Å². The first-order chi connectivity index (χ1) is 9.95. The SMILES string of the molecule is CCC(O)(CC)CNS(=O)(=O)c1ccc(F)cc1C(F)(F)F. The second-order valence-electron chi connectivity index (χ2n) is 4.89. The molecule has 2 N–H and O–H groups in total. The molecule has 9 heteroatoms. The van der Waals surface area contributed by atoms with Crippen LogP contribution in [-0.4, -0.2) is 25.7 Å². The zero-order valence-corrected chi connectivity index (χ0v) is 12.9. The molecule has 0 aliphatic heterocycles. The Morgan fingerprint density at radius 1 is 1.18 bits per heavy atom. The van der Waals surface area contributed by atoms with Crippen molar-refractivity contribution in [3.63, 3.8) is 0 Å². The van der Waals surface area contributed by atoms with Crippen LogP contribution < -0.4 is 4.72 Å². The highest BCUT2D eigenvalue weighted by atomic mass is 32.2. The Morgan fingerprint density at radius 2 is 1.73 bits per heavy atom. The van der Waals surface area contributed by atoms with E-state index >= 15 is 0 Å². The van der Waals surface area contributed by atoms with Crippen molar-refractivity contribution in [1.82, 2.24) is 4.72 Å². The second-order valence-corrected chi connectivity index (χ2v) is 6.63. The fourth-order valence-corrected chi connectivity index (χ4v) is 3.09. The van der Waals surface area contributed by atoms with Crippen LogP contribution in [0.15, 0.2) is 23.1 Å². The summed E-state index contributed by atoms with van der Waals surface area (Å²) in [7, 11) is -4.54. The molecule has 0 saturated carbocycles. The molecule has 0 saturated heterocycles. The standard InChI is InChI=1S/C13H17F4NO3S/c1-3-12(19,4-2)8-18-22(20,21)11-6-5-9(14)7-10(11)13(15,16)17/h5-7,18-19H,3-4,8H2,1-2H3. The summed E-state index contributed by atoms with van der Waals surface area (Å²) >= 11 is 0. The van der Waals surface area contributed by atoms with Gasteiger partial charge in [-0.25, -0.2) is 17.5 Å². The molecule has 0 fully saturated rings. The predicted molar refractivity (Wildman–Crippen MR) is 72.1 cm³/mol. The monoisotopic (exact) mass is 343 g/mol. The van der Waals surface area contributed by atoms with Gasteiger partial charge in [0.05, 0.1) is 16.1 Å². The molecule has 126 valence electrons. The van der Waals surface area contributed by atoms with Gasteiger partial charge in [0.15, 0.2) is 0 Å². The van der Waals surface area contributed by atoms with Gasteiger partial charge in [-0.3, -0.25) is 0 Å². The molecule has 0 radical (unpaired) electrons. The van der Waals surface area contributed by atoms with E-state index in [1.807, 2.05) is 4.72 Å². The fraction of sp³-hybridized carbons (Fsp3) is 0.538. The van der Waals surface area contributed by atoms with Crippen molar-refractivity contribution >= 4 is 10.0 Å². The topological polar surface area (TPSA) is 66.4 Å². The van der Waals surface area contributed by atoms with E-state index in [9.17, 15) is 31.1 Å². The number of halogens is 4. The lowest BCUT2D eigenvalue weighted by Crippen LogP contribution is -2.42. The van der Waals surface area contributed by atoms with Gasteiger partial charge in [0.2, 0.25) is 10.0 Å². The van der Waals surface area contributed by atoms with Crippen LogP contribution in [0.5, 0.6) is 0 Å². The number of benzene rings is 1. The molecule has 0 bridgehead atoms. The van der Waals surface area contributed by atoms with Crippen LogP contribution in [0.4, 0.5) is 17.6 Å². The third-order valence-electron chi connectivity index (χ3n) is 3.44. The van der Waals surface area contributed by atoms with Crippen molar-refractivity contribution in [2.24, 2.45) is 0 Å². The van der Waals surface area contributed by atoms with Crippen LogP contribution in [0.25, 0.3) is 0 Å². The minimum Gasteiger partial charge on any atom is -0.389 e. The number of rotatable bonds is 6. The summed E-state index contributed by atoms with van der Waals surface area (Å²) in [6.45, 7) is 2.81. The molecule has 1 aromatic rings. The Morgan fingerprint density at radius 3 is 2.18 bits per heavy atom. The summed E-state index contributed by atoms with van der Waals surface area (Å²) < 4.78 is 77.6. The van der Waals surface area contributed by atoms with E-state index in [0.29, 0.717) is 12.1 Å². The summed E-state index contributed by atoms with van der Waals surface area (Å²) in [5, 5.41) is 10.0. The van der Waals surface area contributed by atoms with E-state index in [4.69, 9.17) is 0 Å². The third-order valence-corrected chi connectivity index (χ3v) is 4.90. The third kappa shape index (κ3) is 4.40. The maximum atomic E-state index is 13.0. The predicted octanol–water partition coefficient (Wildman–Crippen LogP) is 2.67. The molecule has 0 heterocycles. The molecule has 0 atom stereocenters. The smallest absolute Gasteiger partial charge is 0.389 e. The normalized spacial score (nSPS) is 13.4. The van der Waals surface area contributed by atoms with Gasteiger partial charge in [-0.05, 0) is 31.0 Å². The number of hydrogen-bond donors (Lipinski definition) is 2. The largest absolute Gasteiger partial charge is 0.417 e. The summed E-state index contributed by atoms with van der Waals surface area (Å²) in [5.74, 6) is -1.19. The molecule has 0 unspecified atom stereocenters. The number of alkyl halides is 3. The summed E-state index contributed by atoms with van der Waals surface area (Å²) in [5.41, 5.74) is -2.94. The zero-order chi connectivity index (χ0) is 17.2. The highest BCUT2D eigenvalue weighted by molar-refractivity contribution is 7.89. The molecular weight excluding hydrogens is 326 g/mol. The van der Waals surface area contributed by atoms with Crippen LogP contribution in [0.3, 0.4) is 0 Å². The van der Waals surface area contributed by atoms with Crippen molar-refractivity contribution in [2.45, 2.75) is 43.4 Å². The first kappa shape index (κ1) is 18.9. The lowest BCUT2D eigenvalue weighted by molar-refractivity contribution is -0.140. The van der Waals surface area contributed by atoms with Gasteiger partial charge in [0, 0.05) is 6.54 Å². The van der Waals surface area contributed by atoms with E-state index < -0.39 is 44.6 Å². The maximum Gasteiger partial charge on any atom is 0.417 e. The van der Waals surface area contributed by atoms with Gasteiger partial charge >= 0.3 is 6.18 Å². The van der Waals surface area contributed by atoms with Crippen LogP contribution >= 0.6 is 0 Å². The summed E-state index contributed by atoms with van der Waals surface area (Å²) in [4.78, 5) is -1.07. The molecular formula is C13H17F4NO3S. The molecule has 22 heavy (non-hydrogen) atoms. The van der Waals surface area contributed by atoms with E-state index in [0.717, 1.165) is 0 Å². The first-order valence-corrected chi connectivity index (χ1v) is 8.02. The minimum absolute atomic E-state index is 0.125. The Bertz CT molecular complexity index is 625. The quantitative estimate of drug-likeness (QED) is 0.781. The molecule has 0 spiro atoms. The van der Waals surface area contributed by atoms with Gasteiger partial charge in [0.1, 0.15) is 5.82 Å². The van der Waals surface area contributed by atoms with Crippen molar-refractivity contribution < 1.29 is 31.1 Å². The maximum absolute atomic E-state index is 13.0. The van der Waals surface area contributed by atoms with E-state index in [-0.39, 0.29) is 18.9 Å². The zero-order valence-electron chi connectivity index (χ0n) is 12.0. The first-order valence-electron chi connectivity index (χ1n) is 6.54. The van der Waals surface area contributed by atoms with Crippen molar-refractivity contribution in [2.75, 3.05) is 6.54 Å². The molecule has 0 aromatic heterocycles. The highest BCUT2D eigenvalue weighted by Crippen LogP contribution is 2.34. The molecule has 0 aliphatic rings. The van der Waals surface area contributed by atoms with Gasteiger partial charge in [-0.15, -0.1) is 0 Å². The number of nitrogens with one attached hydrogen (secondary N) is 1. The Balaban J connectivity index is 3.19. The Labute approximate surface area is 126 Å². The summed E-state index contributed by atoms with van der Waals surface area (Å²) in [6, 6.07) is 1.31. The van der Waals surface area contributed by atoms with Gasteiger partial charge < -0.3 is 5.11 Å². The lowest BCUT2D eigenvalue weighted by Gasteiger charge is -2.25. The average Bonchev–Trinajstić information content (AvgIpc) is 2.43. The number of sulfonamides is 1. The van der Waals surface area contributed by atoms with Crippen molar-refractivity contribution in [3.05, 3.63) is 29.6 Å². The number of hydrogen-bond acceptors (Lipinski definition) is 3. The van der Waals surface area contributed by atoms with Crippen molar-refractivity contribution in [3.8, 4) is 0 Å². The van der Waals surface area contributed by atoms with Crippen LogP contribution in [0, 0.1) is 5.82 Å². The Hall–Kier alpha value is -1.19. The molecule has 1 rings (SSSR count). The highest BCUT2D eigenvalue weighted by Gasteiger charge is 2.38. The molecule has 0 amide bonds. The molecule has 4 nitrogen and oxygen atoms in total. The van der Waals surface area contributed by atoms with E-state index in [1.54, 1.807) is 13.8 Å². The molecule has 1 aromatic carbocycles. The van der Waals surface area contributed by atoms with E-state index in [1.165, 1.54) is 0 Å². The Kier molecular flexibility index (Phi) is 5.58. The lowest BCUT2D eigenvalue weighted by atomic mass is 9.98. The molecule has 0 aliphatic carbocycles. The average molecular weight is 343 g/mol. The summed E-state index contributed by atoms with van der Waals surface area (Å²) in [6.07, 6.45) is -4.57. The van der Waals surface area contributed by atoms with E-state index in [2.05, 4.69) is 0 Å². The van der Waals surface area contributed by atoms with Gasteiger partial charge in [-0.2, -0.15) is 13.2 Å². The van der Waals surface area contributed by atoms with Gasteiger partial charge in [0.25, 0.3) is 0 Å². The van der Waals surface area contributed by atoms with Gasteiger partial charge in [-0.1, -0.05) is 13.8 Å².